The average Bonchev–Trinajstić information content (AvgIpc) is 2.49. The molecule has 0 aromatic heterocycles. The summed E-state index contributed by atoms with van der Waals surface area (Å²) in [7, 11) is 0. The van der Waals surface area contributed by atoms with Crippen molar-refractivity contribution >= 4 is 0 Å². The van der Waals surface area contributed by atoms with Crippen LogP contribution in [0.2, 0.25) is 0 Å². The molecule has 0 aliphatic rings. The molecule has 0 heterocycles. The summed E-state index contributed by atoms with van der Waals surface area (Å²) in [4.78, 5) is 0. The molecule has 1 unspecified atom stereocenters. The fourth-order valence-corrected chi connectivity index (χ4v) is 2.84. The van der Waals surface area contributed by atoms with E-state index < -0.39 is 0 Å². The van der Waals surface area contributed by atoms with Gasteiger partial charge in [-0.05, 0) is 38.9 Å². The smallest absolute Gasteiger partial charge is 0.00790 e. The van der Waals surface area contributed by atoms with Gasteiger partial charge in [-0.1, -0.05) is 71.1 Å². The van der Waals surface area contributed by atoms with E-state index in [-0.39, 0.29) is 0 Å². The number of unbranched alkanes of at least 4 members (excludes halogenated alkanes) is 9. The van der Waals surface area contributed by atoms with Gasteiger partial charge in [0, 0.05) is 6.04 Å². The fraction of sp³-hybridized carbons (Fsp3) is 1.00. The minimum Gasteiger partial charge on any atom is -0.330 e. The van der Waals surface area contributed by atoms with E-state index in [9.17, 15) is 0 Å². The van der Waals surface area contributed by atoms with Crippen LogP contribution in [0.4, 0.5) is 0 Å². The minimum atomic E-state index is 0.607. The minimum absolute atomic E-state index is 0.607. The van der Waals surface area contributed by atoms with Gasteiger partial charge in [-0.2, -0.15) is 0 Å². The van der Waals surface area contributed by atoms with Crippen molar-refractivity contribution < 1.29 is 0 Å². The molecule has 3 nitrogen and oxygen atoms in total. The zero-order valence-corrected chi connectivity index (χ0v) is 14.5. The maximum atomic E-state index is 5.69. The standard InChI is InChI=1S/C18H41N3/c1-2-3-4-5-6-7-8-9-10-11-13-18(14-16-20)21-17-12-15-19/h18,21H,2-17,19-20H2,1H3. The lowest BCUT2D eigenvalue weighted by atomic mass is 10.0. The summed E-state index contributed by atoms with van der Waals surface area (Å²) < 4.78 is 0. The molecule has 0 aromatic carbocycles. The van der Waals surface area contributed by atoms with Gasteiger partial charge in [-0.25, -0.2) is 0 Å². The molecule has 128 valence electrons. The Kier molecular flexibility index (Phi) is 17.8. The Morgan fingerprint density at radius 3 is 1.76 bits per heavy atom. The molecule has 0 saturated heterocycles. The first-order chi connectivity index (χ1) is 10.3. The highest BCUT2D eigenvalue weighted by atomic mass is 14.9. The van der Waals surface area contributed by atoms with E-state index in [4.69, 9.17) is 11.5 Å². The maximum Gasteiger partial charge on any atom is 0.00790 e. The monoisotopic (exact) mass is 299 g/mol. The summed E-state index contributed by atoms with van der Waals surface area (Å²) in [6, 6.07) is 0.607. The molecule has 0 fully saturated rings. The molecule has 0 amide bonds. The van der Waals surface area contributed by atoms with Crippen LogP contribution in [0.1, 0.15) is 90.4 Å². The highest BCUT2D eigenvalue weighted by Crippen LogP contribution is 2.12. The van der Waals surface area contributed by atoms with Crippen LogP contribution in [0.3, 0.4) is 0 Å². The summed E-state index contributed by atoms with van der Waals surface area (Å²) in [6.45, 7) is 4.89. The molecule has 0 aliphatic heterocycles. The lowest BCUT2D eigenvalue weighted by Gasteiger charge is -2.17. The van der Waals surface area contributed by atoms with Crippen molar-refractivity contribution in [1.29, 1.82) is 0 Å². The summed E-state index contributed by atoms with van der Waals surface area (Å²) in [5.41, 5.74) is 11.2. The molecule has 0 aromatic rings. The molecule has 3 heteroatoms. The molecular formula is C18H41N3. The van der Waals surface area contributed by atoms with Crippen molar-refractivity contribution in [2.24, 2.45) is 11.5 Å². The van der Waals surface area contributed by atoms with Gasteiger partial charge < -0.3 is 16.8 Å². The number of nitrogens with one attached hydrogen (secondary N) is 1. The van der Waals surface area contributed by atoms with Crippen molar-refractivity contribution in [3.8, 4) is 0 Å². The first kappa shape index (κ1) is 20.9. The number of hydrogen-bond acceptors (Lipinski definition) is 3. The Hall–Kier alpha value is -0.120. The van der Waals surface area contributed by atoms with Crippen LogP contribution in [-0.2, 0) is 0 Å². The Balaban J connectivity index is 3.32. The highest BCUT2D eigenvalue weighted by molar-refractivity contribution is 4.67. The van der Waals surface area contributed by atoms with Gasteiger partial charge in [0.05, 0.1) is 0 Å². The Labute approximate surface area is 133 Å². The quantitative estimate of drug-likeness (QED) is 0.356. The summed E-state index contributed by atoms with van der Waals surface area (Å²) >= 11 is 0. The molecule has 0 radical (unpaired) electrons. The van der Waals surface area contributed by atoms with E-state index in [1.165, 1.54) is 70.6 Å². The molecule has 0 aliphatic carbocycles. The third-order valence-electron chi connectivity index (χ3n) is 4.24. The molecule has 0 bridgehead atoms. The van der Waals surface area contributed by atoms with Crippen LogP contribution in [0.25, 0.3) is 0 Å². The zero-order chi connectivity index (χ0) is 15.6. The van der Waals surface area contributed by atoms with Crippen molar-refractivity contribution in [1.82, 2.24) is 5.32 Å². The lowest BCUT2D eigenvalue weighted by molar-refractivity contribution is 0.431. The van der Waals surface area contributed by atoms with Crippen molar-refractivity contribution in [3.05, 3.63) is 0 Å². The third kappa shape index (κ3) is 16.1. The topological polar surface area (TPSA) is 64.1 Å². The second-order valence-corrected chi connectivity index (χ2v) is 6.34. The predicted molar refractivity (Wildman–Crippen MR) is 95.6 cm³/mol. The molecule has 5 N–H and O–H groups in total. The molecule has 0 saturated carbocycles. The van der Waals surface area contributed by atoms with E-state index in [0.29, 0.717) is 6.04 Å². The molecule has 0 spiro atoms. The molecule has 1 atom stereocenters. The van der Waals surface area contributed by atoms with E-state index in [2.05, 4.69) is 12.2 Å². The van der Waals surface area contributed by atoms with E-state index in [1.54, 1.807) is 0 Å². The summed E-state index contributed by atoms with van der Waals surface area (Å²) in [5.74, 6) is 0. The molecular weight excluding hydrogens is 258 g/mol. The van der Waals surface area contributed by atoms with Gasteiger partial charge in [0.25, 0.3) is 0 Å². The van der Waals surface area contributed by atoms with Crippen LogP contribution < -0.4 is 16.8 Å². The highest BCUT2D eigenvalue weighted by Gasteiger charge is 2.06. The van der Waals surface area contributed by atoms with Gasteiger partial charge in [0.15, 0.2) is 0 Å². The van der Waals surface area contributed by atoms with Gasteiger partial charge >= 0.3 is 0 Å². The second-order valence-electron chi connectivity index (χ2n) is 6.34. The zero-order valence-electron chi connectivity index (χ0n) is 14.5. The van der Waals surface area contributed by atoms with Crippen molar-refractivity contribution in [2.45, 2.75) is 96.4 Å². The normalized spacial score (nSPS) is 12.7. The number of nitrogens with two attached hydrogens (primary N) is 2. The van der Waals surface area contributed by atoms with Gasteiger partial charge in [0.2, 0.25) is 0 Å². The first-order valence-electron chi connectivity index (χ1n) is 9.48. The Morgan fingerprint density at radius 2 is 1.24 bits per heavy atom. The molecule has 0 rings (SSSR count). The van der Waals surface area contributed by atoms with Gasteiger partial charge in [0.1, 0.15) is 0 Å². The largest absolute Gasteiger partial charge is 0.330 e. The van der Waals surface area contributed by atoms with Gasteiger partial charge in [-0.3, -0.25) is 0 Å². The Bertz CT molecular complexity index is 185. The second kappa shape index (κ2) is 17.9. The Morgan fingerprint density at radius 1 is 0.667 bits per heavy atom. The van der Waals surface area contributed by atoms with Crippen LogP contribution in [0, 0.1) is 0 Å². The van der Waals surface area contributed by atoms with E-state index >= 15 is 0 Å². The third-order valence-corrected chi connectivity index (χ3v) is 4.24. The lowest BCUT2D eigenvalue weighted by Crippen LogP contribution is -2.32. The number of rotatable bonds is 17. The SMILES string of the molecule is CCCCCCCCCCCCC(CCN)NCCCN. The van der Waals surface area contributed by atoms with Gasteiger partial charge in [-0.15, -0.1) is 0 Å². The average molecular weight is 300 g/mol. The van der Waals surface area contributed by atoms with Crippen LogP contribution >= 0.6 is 0 Å². The summed E-state index contributed by atoms with van der Waals surface area (Å²) in [6.07, 6.45) is 17.5. The predicted octanol–water partition coefficient (Wildman–Crippen LogP) is 3.95. The van der Waals surface area contributed by atoms with Crippen LogP contribution in [0.5, 0.6) is 0 Å². The first-order valence-corrected chi connectivity index (χ1v) is 9.48. The molecule has 21 heavy (non-hydrogen) atoms. The van der Waals surface area contributed by atoms with Crippen molar-refractivity contribution in [3.63, 3.8) is 0 Å². The van der Waals surface area contributed by atoms with Crippen LogP contribution in [0.15, 0.2) is 0 Å². The van der Waals surface area contributed by atoms with E-state index in [0.717, 1.165) is 32.5 Å². The summed E-state index contributed by atoms with van der Waals surface area (Å²) in [5, 5.41) is 3.59. The van der Waals surface area contributed by atoms with E-state index in [1.807, 2.05) is 0 Å². The number of hydrogen-bond donors (Lipinski definition) is 3. The van der Waals surface area contributed by atoms with Crippen LogP contribution in [-0.4, -0.2) is 25.7 Å². The maximum absolute atomic E-state index is 5.69. The van der Waals surface area contributed by atoms with Crippen molar-refractivity contribution in [2.75, 3.05) is 19.6 Å². The fourth-order valence-electron chi connectivity index (χ4n) is 2.84.